The van der Waals surface area contributed by atoms with Gasteiger partial charge in [0.2, 0.25) is 5.88 Å². The van der Waals surface area contributed by atoms with Gasteiger partial charge in [-0.1, -0.05) is 42.8 Å². The molecule has 1 heterocycles. The molecule has 3 aromatic carbocycles. The number of fused-ring (bicyclic) bond motifs is 1. The van der Waals surface area contributed by atoms with E-state index in [0.29, 0.717) is 28.9 Å². The fourth-order valence-electron chi connectivity index (χ4n) is 3.56. The van der Waals surface area contributed by atoms with Gasteiger partial charge in [0, 0.05) is 5.39 Å². The molecule has 0 aliphatic carbocycles. The maximum absolute atomic E-state index is 13.6. The number of aromatic amines is 1. The van der Waals surface area contributed by atoms with Crippen molar-refractivity contribution < 1.29 is 23.1 Å². The van der Waals surface area contributed by atoms with Crippen LogP contribution in [0.15, 0.2) is 87.9 Å². The molecule has 1 amide bonds. The molecule has 0 atom stereocenters. The molecule has 0 spiro atoms. The number of para-hydroxylation sites is 1. The van der Waals surface area contributed by atoms with Crippen LogP contribution in [-0.4, -0.2) is 37.6 Å². The summed E-state index contributed by atoms with van der Waals surface area (Å²) >= 11 is 0. The van der Waals surface area contributed by atoms with Crippen molar-refractivity contribution in [2.45, 2.75) is 25.2 Å². The number of hydrogen-bond donors (Lipinski definition) is 2. The van der Waals surface area contributed by atoms with Gasteiger partial charge in [-0.05, 0) is 55.8 Å². The van der Waals surface area contributed by atoms with E-state index in [2.05, 4.69) is 15.2 Å². The van der Waals surface area contributed by atoms with Gasteiger partial charge in [-0.25, -0.2) is 8.42 Å². The van der Waals surface area contributed by atoms with Crippen LogP contribution in [0.25, 0.3) is 10.9 Å². The summed E-state index contributed by atoms with van der Waals surface area (Å²) in [5.41, 5.74) is 1.98. The molecule has 0 saturated heterocycles. The Labute approximate surface area is 209 Å². The number of aromatic hydroxyl groups is 1. The summed E-state index contributed by atoms with van der Waals surface area (Å²) in [5, 5.41) is 18.3. The van der Waals surface area contributed by atoms with Gasteiger partial charge in [-0.3, -0.25) is 9.10 Å². The predicted octanol–water partition coefficient (Wildman–Crippen LogP) is 5.48. The highest BCUT2D eigenvalue weighted by molar-refractivity contribution is 7.92. The zero-order valence-corrected chi connectivity index (χ0v) is 20.7. The van der Waals surface area contributed by atoms with E-state index in [4.69, 9.17) is 4.74 Å². The zero-order chi connectivity index (χ0) is 25.7. The summed E-state index contributed by atoms with van der Waals surface area (Å²) in [7, 11) is -4.11. The molecule has 186 valence electrons. The number of H-pyrrole nitrogens is 1. The molecule has 0 unspecified atom stereocenters. The predicted molar refractivity (Wildman–Crippen MR) is 137 cm³/mol. The summed E-state index contributed by atoms with van der Waals surface area (Å²) < 4.78 is 33.6. The lowest BCUT2D eigenvalue weighted by atomic mass is 10.2. The molecule has 0 aliphatic rings. The molecule has 0 bridgehead atoms. The highest BCUT2D eigenvalue weighted by Crippen LogP contribution is 2.35. The fourth-order valence-corrected chi connectivity index (χ4v) is 4.97. The van der Waals surface area contributed by atoms with Crippen molar-refractivity contribution in [2.75, 3.05) is 17.5 Å². The number of nitrogens with zero attached hydrogens (tertiary/aromatic N) is 3. The number of benzene rings is 3. The molecule has 4 aromatic rings. The Bertz CT molecular complexity index is 1490. The van der Waals surface area contributed by atoms with Crippen LogP contribution >= 0.6 is 0 Å². The van der Waals surface area contributed by atoms with Crippen molar-refractivity contribution in [2.24, 2.45) is 10.2 Å². The average molecular weight is 507 g/mol. The molecule has 4 rings (SSSR count). The van der Waals surface area contributed by atoms with Crippen LogP contribution in [0.1, 0.15) is 18.9 Å². The monoisotopic (exact) mass is 506 g/mol. The van der Waals surface area contributed by atoms with Crippen LogP contribution in [0.4, 0.5) is 11.4 Å². The quantitative estimate of drug-likeness (QED) is 0.291. The number of ether oxygens (including phenoxy) is 1. The first-order valence-corrected chi connectivity index (χ1v) is 12.8. The Kier molecular flexibility index (Phi) is 7.35. The van der Waals surface area contributed by atoms with Gasteiger partial charge >= 0.3 is 0 Å². The van der Waals surface area contributed by atoms with Crippen LogP contribution in [0.5, 0.6) is 11.6 Å². The van der Waals surface area contributed by atoms with E-state index >= 15 is 0 Å². The number of anilines is 1. The Hall–Kier alpha value is -4.18. The second kappa shape index (κ2) is 10.6. The summed E-state index contributed by atoms with van der Waals surface area (Å²) in [6, 6.07) is 19.8. The van der Waals surface area contributed by atoms with E-state index < -0.39 is 22.5 Å². The molecule has 9 nitrogen and oxygen atoms in total. The summed E-state index contributed by atoms with van der Waals surface area (Å²) in [6.07, 6.45) is 0.828. The molecule has 0 aliphatic heterocycles. The second-order valence-corrected chi connectivity index (χ2v) is 9.99. The van der Waals surface area contributed by atoms with Crippen LogP contribution in [0.2, 0.25) is 0 Å². The first-order valence-electron chi connectivity index (χ1n) is 11.4. The maximum Gasteiger partial charge on any atom is 0.285 e. The van der Waals surface area contributed by atoms with E-state index in [-0.39, 0.29) is 16.5 Å². The molecule has 1 aromatic heterocycles. The first kappa shape index (κ1) is 24.9. The number of amides is 1. The highest BCUT2D eigenvalue weighted by atomic mass is 32.2. The van der Waals surface area contributed by atoms with Gasteiger partial charge in [-0.15, -0.1) is 10.2 Å². The minimum atomic E-state index is -4.11. The number of carbonyl (C=O) groups excluding carboxylic acids is 1. The van der Waals surface area contributed by atoms with E-state index in [0.717, 1.165) is 16.3 Å². The Morgan fingerprint density at radius 3 is 2.42 bits per heavy atom. The summed E-state index contributed by atoms with van der Waals surface area (Å²) in [6.45, 7) is 3.80. The third kappa shape index (κ3) is 5.38. The Morgan fingerprint density at radius 1 is 1.03 bits per heavy atom. The minimum Gasteiger partial charge on any atom is -0.494 e. The Balaban J connectivity index is 1.63. The number of carbonyl (C=O) groups is 1. The van der Waals surface area contributed by atoms with E-state index in [9.17, 15) is 18.3 Å². The molecule has 36 heavy (non-hydrogen) atoms. The van der Waals surface area contributed by atoms with Crippen LogP contribution in [0, 0.1) is 6.92 Å². The Morgan fingerprint density at radius 2 is 1.72 bits per heavy atom. The summed E-state index contributed by atoms with van der Waals surface area (Å²) in [4.78, 5) is 15.6. The lowest BCUT2D eigenvalue weighted by molar-refractivity contribution is -0.116. The first-order chi connectivity index (χ1) is 17.3. The van der Waals surface area contributed by atoms with E-state index in [1.807, 2.05) is 13.8 Å². The van der Waals surface area contributed by atoms with Crippen molar-refractivity contribution >= 4 is 38.2 Å². The van der Waals surface area contributed by atoms with Crippen molar-refractivity contribution in [1.29, 1.82) is 0 Å². The van der Waals surface area contributed by atoms with Crippen LogP contribution in [0.3, 0.4) is 0 Å². The van der Waals surface area contributed by atoms with Gasteiger partial charge in [0.1, 0.15) is 12.3 Å². The number of nitrogens with one attached hydrogen (secondary N) is 1. The van der Waals surface area contributed by atoms with Crippen molar-refractivity contribution in [1.82, 2.24) is 4.98 Å². The third-order valence-electron chi connectivity index (χ3n) is 5.41. The second-order valence-electron chi connectivity index (χ2n) is 8.13. The number of aromatic nitrogens is 1. The van der Waals surface area contributed by atoms with Gasteiger partial charge in [0.15, 0.2) is 5.69 Å². The molecule has 0 radical (unpaired) electrons. The van der Waals surface area contributed by atoms with Gasteiger partial charge < -0.3 is 14.8 Å². The normalized spacial score (nSPS) is 11.7. The number of hydrogen-bond acceptors (Lipinski definition) is 6. The maximum atomic E-state index is 13.6. The third-order valence-corrected chi connectivity index (χ3v) is 7.19. The molecular weight excluding hydrogens is 480 g/mol. The zero-order valence-electron chi connectivity index (χ0n) is 19.9. The molecule has 2 N–H and O–H groups in total. The molecule has 0 saturated carbocycles. The minimum absolute atomic E-state index is 0.00550. The van der Waals surface area contributed by atoms with Crippen molar-refractivity contribution in [3.63, 3.8) is 0 Å². The highest BCUT2D eigenvalue weighted by Gasteiger charge is 2.27. The lowest BCUT2D eigenvalue weighted by Gasteiger charge is -2.23. The van der Waals surface area contributed by atoms with Crippen molar-refractivity contribution in [3.05, 3.63) is 78.4 Å². The standard InChI is InChI=1S/C26H26N4O5S/c1-3-16-35-20-12-14-21(15-13-20)36(33,34)30(19-10-8-18(2)9-11-19)17-24(31)28-29-25-22-6-4-5-7-23(22)27-26(25)32/h4-15,27,32H,3,16-17H2,1-2H3. The van der Waals surface area contributed by atoms with Crippen LogP contribution in [-0.2, 0) is 14.8 Å². The van der Waals surface area contributed by atoms with E-state index in [1.165, 1.54) is 12.1 Å². The van der Waals surface area contributed by atoms with Crippen LogP contribution < -0.4 is 9.04 Å². The number of aryl methyl sites for hydroxylation is 1. The lowest BCUT2D eigenvalue weighted by Crippen LogP contribution is -2.35. The number of rotatable bonds is 9. The smallest absolute Gasteiger partial charge is 0.285 e. The SMILES string of the molecule is CCCOc1ccc(S(=O)(=O)N(CC(=O)N=Nc2c(O)[nH]c3ccccc23)c2ccc(C)cc2)cc1. The number of sulfonamides is 1. The number of azo groups is 1. The topological polar surface area (TPSA) is 124 Å². The van der Waals surface area contributed by atoms with Gasteiger partial charge in [-0.2, -0.15) is 0 Å². The average Bonchev–Trinajstić information content (AvgIpc) is 3.20. The van der Waals surface area contributed by atoms with Gasteiger partial charge in [0.25, 0.3) is 15.9 Å². The molecular formula is C26H26N4O5S. The van der Waals surface area contributed by atoms with Gasteiger partial charge in [0.05, 0.1) is 22.7 Å². The molecule has 0 fully saturated rings. The molecule has 10 heteroatoms. The van der Waals surface area contributed by atoms with Crippen molar-refractivity contribution in [3.8, 4) is 11.6 Å². The fraction of sp³-hybridized carbons (Fsp3) is 0.192. The summed E-state index contributed by atoms with van der Waals surface area (Å²) in [5.74, 6) is -0.478. The van der Waals surface area contributed by atoms with E-state index in [1.54, 1.807) is 60.7 Å². The largest absolute Gasteiger partial charge is 0.494 e.